The summed E-state index contributed by atoms with van der Waals surface area (Å²) in [5, 5.41) is 18.2. The molecule has 3 nitrogen and oxygen atoms in total. The second-order valence-electron chi connectivity index (χ2n) is 5.48. The van der Waals surface area contributed by atoms with Gasteiger partial charge in [-0.25, -0.2) is 0 Å². The van der Waals surface area contributed by atoms with Crippen LogP contribution in [0.15, 0.2) is 48.5 Å². The topological polar surface area (TPSA) is 49.7 Å². The van der Waals surface area contributed by atoms with E-state index >= 15 is 0 Å². The highest BCUT2D eigenvalue weighted by molar-refractivity contribution is 6.58. The second kappa shape index (κ2) is 8.13. The third-order valence-electron chi connectivity index (χ3n) is 3.93. The van der Waals surface area contributed by atoms with Crippen molar-refractivity contribution >= 4 is 12.6 Å². The Kier molecular flexibility index (Phi) is 6.19. The van der Waals surface area contributed by atoms with Gasteiger partial charge in [0.1, 0.15) is 0 Å². The molecular formula is C18H23BO3. The minimum absolute atomic E-state index is 0.154. The van der Waals surface area contributed by atoms with Crippen LogP contribution in [0.2, 0.25) is 0 Å². The lowest BCUT2D eigenvalue weighted by molar-refractivity contribution is 0.0936. The molecule has 4 heteroatoms. The molecule has 22 heavy (non-hydrogen) atoms. The van der Waals surface area contributed by atoms with Gasteiger partial charge in [-0.1, -0.05) is 68.3 Å². The first-order valence-corrected chi connectivity index (χ1v) is 7.75. The van der Waals surface area contributed by atoms with Crippen molar-refractivity contribution in [2.24, 2.45) is 0 Å². The van der Waals surface area contributed by atoms with Crippen LogP contribution in [0.5, 0.6) is 0 Å². The lowest BCUT2D eigenvalue weighted by Gasteiger charge is -2.16. The highest BCUT2D eigenvalue weighted by Crippen LogP contribution is 2.26. The first-order valence-electron chi connectivity index (χ1n) is 7.75. The fraction of sp³-hybridized carbons (Fsp3) is 0.333. The molecule has 0 aliphatic heterocycles. The number of rotatable bonds is 7. The van der Waals surface area contributed by atoms with Gasteiger partial charge in [0, 0.05) is 7.11 Å². The Morgan fingerprint density at radius 1 is 0.955 bits per heavy atom. The number of hydrogen-bond donors (Lipinski definition) is 2. The molecule has 116 valence electrons. The highest BCUT2D eigenvalue weighted by Gasteiger charge is 2.11. The van der Waals surface area contributed by atoms with E-state index in [1.54, 1.807) is 19.2 Å². The van der Waals surface area contributed by atoms with Crippen LogP contribution >= 0.6 is 0 Å². The van der Waals surface area contributed by atoms with Crippen LogP contribution in [0.3, 0.4) is 0 Å². The van der Waals surface area contributed by atoms with Crippen molar-refractivity contribution in [2.45, 2.75) is 32.3 Å². The summed E-state index contributed by atoms with van der Waals surface area (Å²) in [5.41, 5.74) is 3.85. The molecule has 0 aromatic heterocycles. The predicted molar refractivity (Wildman–Crippen MR) is 91.0 cm³/mol. The van der Waals surface area contributed by atoms with E-state index in [4.69, 9.17) is 14.8 Å². The van der Waals surface area contributed by atoms with E-state index in [0.717, 1.165) is 24.0 Å². The Labute approximate surface area is 132 Å². The van der Waals surface area contributed by atoms with E-state index < -0.39 is 7.12 Å². The minimum atomic E-state index is -1.42. The van der Waals surface area contributed by atoms with Gasteiger partial charge in [-0.15, -0.1) is 0 Å². The Morgan fingerprint density at radius 3 is 1.95 bits per heavy atom. The molecule has 0 heterocycles. The number of hydrogen-bond acceptors (Lipinski definition) is 3. The van der Waals surface area contributed by atoms with Crippen molar-refractivity contribution in [3.8, 4) is 11.1 Å². The zero-order valence-electron chi connectivity index (χ0n) is 13.2. The summed E-state index contributed by atoms with van der Waals surface area (Å²) in [5.74, 6) is 0. The average Bonchev–Trinajstić information content (AvgIpc) is 2.56. The van der Waals surface area contributed by atoms with Gasteiger partial charge in [-0.3, -0.25) is 0 Å². The van der Waals surface area contributed by atoms with Crippen molar-refractivity contribution in [3.63, 3.8) is 0 Å². The van der Waals surface area contributed by atoms with Crippen molar-refractivity contribution in [2.75, 3.05) is 7.11 Å². The Hall–Kier alpha value is -1.62. The van der Waals surface area contributed by atoms with Gasteiger partial charge in [0.15, 0.2) is 0 Å². The number of ether oxygens (including phenoxy) is 1. The van der Waals surface area contributed by atoms with Crippen LogP contribution in [0.4, 0.5) is 0 Å². The summed E-state index contributed by atoms with van der Waals surface area (Å²) in [7, 11) is 0.338. The maximum atomic E-state index is 9.12. The molecule has 0 aliphatic rings. The normalized spacial score (nSPS) is 12.2. The molecule has 2 aromatic rings. The molecule has 0 radical (unpaired) electrons. The highest BCUT2D eigenvalue weighted by atomic mass is 16.5. The number of benzene rings is 2. The van der Waals surface area contributed by atoms with Crippen molar-refractivity contribution < 1.29 is 14.8 Å². The summed E-state index contributed by atoms with van der Waals surface area (Å²) in [4.78, 5) is 0. The zero-order valence-corrected chi connectivity index (χ0v) is 13.2. The van der Waals surface area contributed by atoms with Crippen LogP contribution in [0, 0.1) is 0 Å². The minimum Gasteiger partial charge on any atom is -0.423 e. The molecule has 1 unspecified atom stereocenters. The summed E-state index contributed by atoms with van der Waals surface area (Å²) in [6, 6.07) is 15.6. The van der Waals surface area contributed by atoms with Gasteiger partial charge in [-0.05, 0) is 28.6 Å². The van der Waals surface area contributed by atoms with Crippen LogP contribution < -0.4 is 5.46 Å². The molecular weight excluding hydrogens is 275 g/mol. The van der Waals surface area contributed by atoms with Crippen LogP contribution in [-0.2, 0) is 4.74 Å². The van der Waals surface area contributed by atoms with Crippen molar-refractivity contribution in [3.05, 3.63) is 54.1 Å². The fourth-order valence-corrected chi connectivity index (χ4v) is 2.55. The van der Waals surface area contributed by atoms with Gasteiger partial charge in [0.05, 0.1) is 6.10 Å². The van der Waals surface area contributed by atoms with Crippen molar-refractivity contribution in [1.82, 2.24) is 0 Å². The Balaban J connectivity index is 2.13. The fourth-order valence-electron chi connectivity index (χ4n) is 2.55. The third kappa shape index (κ3) is 4.20. The maximum absolute atomic E-state index is 9.12. The van der Waals surface area contributed by atoms with Crippen molar-refractivity contribution in [1.29, 1.82) is 0 Å². The second-order valence-corrected chi connectivity index (χ2v) is 5.48. The standard InChI is InChI=1S/C18H23BO3/c1-3-4-5-18(22-2)16-8-6-14(7-9-16)15-10-12-17(13-11-15)19(20)21/h6-13,18,20-21H,3-5H2,1-2H3. The van der Waals surface area contributed by atoms with Crippen LogP contribution in [-0.4, -0.2) is 24.3 Å². The summed E-state index contributed by atoms with van der Waals surface area (Å²) in [6.07, 6.45) is 3.52. The molecule has 0 saturated carbocycles. The van der Waals surface area contributed by atoms with Gasteiger partial charge in [0.25, 0.3) is 0 Å². The van der Waals surface area contributed by atoms with Gasteiger partial charge in [-0.2, -0.15) is 0 Å². The van der Waals surface area contributed by atoms with Crippen LogP contribution in [0.25, 0.3) is 11.1 Å². The molecule has 0 aliphatic carbocycles. The molecule has 2 N–H and O–H groups in total. The Morgan fingerprint density at radius 2 is 1.50 bits per heavy atom. The zero-order chi connectivity index (χ0) is 15.9. The average molecular weight is 298 g/mol. The quantitative estimate of drug-likeness (QED) is 0.773. The number of methoxy groups -OCH3 is 1. The molecule has 2 aromatic carbocycles. The molecule has 2 rings (SSSR count). The van der Waals surface area contributed by atoms with Gasteiger partial charge in [0.2, 0.25) is 0 Å². The summed E-state index contributed by atoms with van der Waals surface area (Å²) < 4.78 is 5.57. The molecule has 0 fully saturated rings. The number of unbranched alkanes of at least 4 members (excludes halogenated alkanes) is 1. The van der Waals surface area contributed by atoms with Gasteiger partial charge < -0.3 is 14.8 Å². The van der Waals surface area contributed by atoms with E-state index in [0.29, 0.717) is 5.46 Å². The van der Waals surface area contributed by atoms with E-state index in [-0.39, 0.29) is 6.10 Å². The lowest BCUT2D eigenvalue weighted by atomic mass is 9.80. The monoisotopic (exact) mass is 298 g/mol. The first-order chi connectivity index (χ1) is 10.7. The third-order valence-corrected chi connectivity index (χ3v) is 3.93. The van der Waals surface area contributed by atoms with E-state index in [1.807, 2.05) is 12.1 Å². The van der Waals surface area contributed by atoms with Gasteiger partial charge >= 0.3 is 7.12 Å². The molecule has 0 saturated heterocycles. The lowest BCUT2D eigenvalue weighted by Crippen LogP contribution is -2.29. The van der Waals surface area contributed by atoms with E-state index in [2.05, 4.69) is 31.2 Å². The van der Waals surface area contributed by atoms with E-state index in [1.165, 1.54) is 12.0 Å². The predicted octanol–water partition coefficient (Wildman–Crippen LogP) is 2.91. The SMILES string of the molecule is CCCCC(OC)c1ccc(-c2ccc(B(O)O)cc2)cc1. The summed E-state index contributed by atoms with van der Waals surface area (Å²) >= 11 is 0. The Bertz CT molecular complexity index is 564. The molecule has 0 spiro atoms. The van der Waals surface area contributed by atoms with Crippen LogP contribution in [0.1, 0.15) is 37.9 Å². The van der Waals surface area contributed by atoms with E-state index in [9.17, 15) is 0 Å². The first kappa shape index (κ1) is 16.8. The largest absolute Gasteiger partial charge is 0.488 e. The maximum Gasteiger partial charge on any atom is 0.488 e. The molecule has 1 atom stereocenters. The molecule has 0 amide bonds. The smallest absolute Gasteiger partial charge is 0.423 e. The summed E-state index contributed by atoms with van der Waals surface area (Å²) in [6.45, 7) is 2.18. The molecule has 0 bridgehead atoms.